The van der Waals surface area contributed by atoms with Gasteiger partial charge < -0.3 is 20.9 Å². The van der Waals surface area contributed by atoms with Gasteiger partial charge >= 0.3 is 11.9 Å². The second kappa shape index (κ2) is 40.5. The topological polar surface area (TPSA) is 119 Å². The van der Waals surface area contributed by atoms with Crippen LogP contribution in [0.4, 0.5) is 0 Å². The zero-order chi connectivity index (χ0) is 39.6. The van der Waals surface area contributed by atoms with E-state index in [2.05, 4.69) is 110 Å². The Bertz CT molecular complexity index is 1160. The summed E-state index contributed by atoms with van der Waals surface area (Å²) in [6.45, 7) is 4.77. The molecule has 0 rings (SSSR count). The van der Waals surface area contributed by atoms with Crippen LogP contribution in [0.2, 0.25) is 0 Å². The first-order valence-electron chi connectivity index (χ1n) is 21.1. The zero-order valence-electron chi connectivity index (χ0n) is 34.0. The molecule has 0 bridgehead atoms. The monoisotopic (exact) mass is 749 g/mol. The van der Waals surface area contributed by atoms with Gasteiger partial charge in [0.05, 0.1) is 0 Å². The highest BCUT2D eigenvalue weighted by molar-refractivity contribution is 5.83. The van der Waals surface area contributed by atoms with E-state index in [0.29, 0.717) is 38.6 Å². The summed E-state index contributed by atoms with van der Waals surface area (Å²) in [6.07, 6.45) is 54.8. The number of esters is 1. The molecule has 0 aliphatic rings. The number of nitrogens with two attached hydrogens (primary N) is 1. The average molecular weight is 749 g/mol. The highest BCUT2D eigenvalue weighted by atomic mass is 16.5. The Balaban J connectivity index is 4.42. The predicted octanol–water partition coefficient (Wildman–Crippen LogP) is 11.9. The van der Waals surface area contributed by atoms with Crippen molar-refractivity contribution in [3.8, 4) is 0 Å². The molecule has 4 N–H and O–H groups in total. The van der Waals surface area contributed by atoms with Crippen molar-refractivity contribution in [3.63, 3.8) is 0 Å². The van der Waals surface area contributed by atoms with Gasteiger partial charge in [0, 0.05) is 12.8 Å². The van der Waals surface area contributed by atoms with Gasteiger partial charge in [-0.2, -0.15) is 0 Å². The van der Waals surface area contributed by atoms with Gasteiger partial charge in [0.25, 0.3) is 0 Å². The number of amides is 1. The van der Waals surface area contributed by atoms with Crippen LogP contribution < -0.4 is 11.1 Å². The normalized spacial score (nSPS) is 13.7. The first-order chi connectivity index (χ1) is 26.4. The highest BCUT2D eigenvalue weighted by Crippen LogP contribution is 2.14. The first-order valence-corrected chi connectivity index (χ1v) is 21.1. The Kier molecular flexibility index (Phi) is 37.7. The van der Waals surface area contributed by atoms with Crippen molar-refractivity contribution in [1.29, 1.82) is 0 Å². The van der Waals surface area contributed by atoms with Crippen LogP contribution in [0.1, 0.15) is 162 Å². The van der Waals surface area contributed by atoms with Crippen LogP contribution >= 0.6 is 0 Å². The average Bonchev–Trinajstić information content (AvgIpc) is 3.16. The lowest BCUT2D eigenvalue weighted by Crippen LogP contribution is -2.40. The minimum Gasteiger partial charge on any atom is -0.480 e. The maximum Gasteiger partial charge on any atom is 0.326 e. The van der Waals surface area contributed by atoms with Gasteiger partial charge in [0.2, 0.25) is 5.91 Å². The third kappa shape index (κ3) is 36.6. The fourth-order valence-electron chi connectivity index (χ4n) is 5.48. The van der Waals surface area contributed by atoms with E-state index in [-0.39, 0.29) is 18.0 Å². The van der Waals surface area contributed by atoms with Crippen LogP contribution in [0, 0.1) is 0 Å². The molecule has 0 aromatic carbocycles. The molecule has 1 amide bonds. The highest BCUT2D eigenvalue weighted by Gasteiger charge is 2.18. The summed E-state index contributed by atoms with van der Waals surface area (Å²) in [6, 6.07) is -0.865. The molecule has 0 spiro atoms. The van der Waals surface area contributed by atoms with Crippen LogP contribution in [-0.2, 0) is 19.1 Å². The summed E-state index contributed by atoms with van der Waals surface area (Å²) >= 11 is 0. The maximum absolute atomic E-state index is 12.7. The van der Waals surface area contributed by atoms with Crippen LogP contribution in [-0.4, -0.2) is 41.6 Å². The Morgan fingerprint density at radius 1 is 0.574 bits per heavy atom. The number of aliphatic carboxylic acids is 1. The largest absolute Gasteiger partial charge is 0.480 e. The molecule has 0 saturated carbocycles. The molecule has 0 fully saturated rings. The fourth-order valence-corrected chi connectivity index (χ4v) is 5.48. The van der Waals surface area contributed by atoms with Gasteiger partial charge in [-0.05, 0) is 109 Å². The fraction of sp³-hybridized carbons (Fsp3) is 0.596. The van der Waals surface area contributed by atoms with Gasteiger partial charge in [-0.1, -0.05) is 144 Å². The summed E-state index contributed by atoms with van der Waals surface area (Å²) in [4.78, 5) is 36.2. The quantitative estimate of drug-likeness (QED) is 0.0333. The zero-order valence-corrected chi connectivity index (χ0v) is 34.0. The molecule has 7 nitrogen and oxygen atoms in total. The van der Waals surface area contributed by atoms with Crippen molar-refractivity contribution in [2.24, 2.45) is 5.73 Å². The molecule has 54 heavy (non-hydrogen) atoms. The number of carbonyl (C=O) groups is 3. The number of carbonyl (C=O) groups excluding carboxylic acids is 2. The Morgan fingerprint density at radius 2 is 1.09 bits per heavy atom. The number of hydrogen-bond donors (Lipinski definition) is 3. The van der Waals surface area contributed by atoms with Crippen molar-refractivity contribution in [2.45, 2.75) is 174 Å². The van der Waals surface area contributed by atoms with Gasteiger partial charge in [-0.3, -0.25) is 9.59 Å². The van der Waals surface area contributed by atoms with Crippen LogP contribution in [0.5, 0.6) is 0 Å². The summed E-state index contributed by atoms with van der Waals surface area (Å²) in [7, 11) is 0. The number of unbranched alkanes of at least 4 members (excludes halogenated alkanes) is 8. The van der Waals surface area contributed by atoms with E-state index in [1.54, 1.807) is 0 Å². The third-order valence-electron chi connectivity index (χ3n) is 8.63. The molecule has 2 unspecified atom stereocenters. The van der Waals surface area contributed by atoms with Gasteiger partial charge in [-0.25, -0.2) is 4.79 Å². The standard InChI is InChI=1S/C47H76N2O5/c1-3-5-7-9-11-13-14-15-16-17-18-19-20-21-22-23-25-31-35-41-46(51)54-43(37-32-28-24-12-10-8-6-4-2)38-33-29-26-27-30-34-40-45(50)49-44(47(52)53)39-36-42-48/h5,7,11-13,15-16,18-19,21-22,24-25,31-32,37,43-44H,3-4,6,8-10,14,17,20,23,26-30,33-36,38-42,48H2,1-2H3,(H,49,50)(H,52,53)/b7-5-,13-11-,16-15-,19-18-,22-21-,24-12-,31-25-,37-32-. The number of carboxylic acid groups (broad SMARTS) is 1. The Morgan fingerprint density at radius 3 is 1.65 bits per heavy atom. The minimum absolute atomic E-state index is 0.161. The van der Waals surface area contributed by atoms with Gasteiger partial charge in [-0.15, -0.1) is 0 Å². The van der Waals surface area contributed by atoms with Gasteiger partial charge in [0.1, 0.15) is 12.1 Å². The van der Waals surface area contributed by atoms with Crippen molar-refractivity contribution < 1.29 is 24.2 Å². The number of ether oxygens (including phenoxy) is 1. The summed E-state index contributed by atoms with van der Waals surface area (Å²) in [5.74, 6) is -1.39. The van der Waals surface area contributed by atoms with Crippen molar-refractivity contribution in [2.75, 3.05) is 6.54 Å². The summed E-state index contributed by atoms with van der Waals surface area (Å²) in [5, 5.41) is 11.9. The third-order valence-corrected chi connectivity index (χ3v) is 8.63. The lowest BCUT2D eigenvalue weighted by atomic mass is 10.0. The number of nitrogens with one attached hydrogen (secondary N) is 1. The lowest BCUT2D eigenvalue weighted by Gasteiger charge is -2.14. The van der Waals surface area contributed by atoms with Crippen LogP contribution in [0.25, 0.3) is 0 Å². The van der Waals surface area contributed by atoms with Crippen LogP contribution in [0.15, 0.2) is 97.2 Å². The van der Waals surface area contributed by atoms with Crippen LogP contribution in [0.3, 0.4) is 0 Å². The summed E-state index contributed by atoms with van der Waals surface area (Å²) < 4.78 is 5.88. The summed E-state index contributed by atoms with van der Waals surface area (Å²) in [5.41, 5.74) is 5.47. The number of allylic oxidation sites excluding steroid dienone is 15. The number of hydrogen-bond acceptors (Lipinski definition) is 5. The SMILES string of the molecule is CC/C=C\C/C=C\C/C=C\C/C=C\C/C=C\C/C=C\CCC(=O)OC(/C=C\C/C=C\CCCCC)CCCCCCCCC(=O)NC(CCCN)C(=O)O. The smallest absolute Gasteiger partial charge is 0.326 e. The molecule has 0 aliphatic carbocycles. The van der Waals surface area contributed by atoms with Crippen molar-refractivity contribution >= 4 is 17.8 Å². The predicted molar refractivity (Wildman–Crippen MR) is 229 cm³/mol. The molecule has 7 heteroatoms. The first kappa shape index (κ1) is 50.3. The maximum atomic E-state index is 12.7. The van der Waals surface area contributed by atoms with E-state index < -0.39 is 12.0 Å². The second-order valence-electron chi connectivity index (χ2n) is 13.7. The molecular weight excluding hydrogens is 673 g/mol. The van der Waals surface area contributed by atoms with E-state index in [1.165, 1.54) is 19.3 Å². The molecule has 0 radical (unpaired) electrons. The molecule has 0 aliphatic heterocycles. The van der Waals surface area contributed by atoms with E-state index in [1.807, 2.05) is 6.08 Å². The van der Waals surface area contributed by atoms with Crippen molar-refractivity contribution in [1.82, 2.24) is 5.32 Å². The molecule has 0 aromatic rings. The molecular formula is C47H76N2O5. The Labute approximate surface area is 329 Å². The molecule has 0 aromatic heterocycles. The molecule has 2 atom stereocenters. The van der Waals surface area contributed by atoms with E-state index in [0.717, 1.165) is 96.3 Å². The van der Waals surface area contributed by atoms with Crippen molar-refractivity contribution in [3.05, 3.63) is 97.2 Å². The number of carboxylic acids is 1. The Hall–Kier alpha value is -3.71. The van der Waals surface area contributed by atoms with E-state index >= 15 is 0 Å². The molecule has 0 heterocycles. The molecule has 0 saturated heterocycles. The second-order valence-corrected chi connectivity index (χ2v) is 13.7. The van der Waals surface area contributed by atoms with Gasteiger partial charge in [0.15, 0.2) is 0 Å². The van der Waals surface area contributed by atoms with E-state index in [9.17, 15) is 19.5 Å². The molecule has 304 valence electrons. The lowest BCUT2D eigenvalue weighted by molar-refractivity contribution is -0.147. The minimum atomic E-state index is -1.01. The van der Waals surface area contributed by atoms with E-state index in [4.69, 9.17) is 10.5 Å². The number of rotatable bonds is 36.